The summed E-state index contributed by atoms with van der Waals surface area (Å²) in [4.78, 5) is 10.3. The van der Waals surface area contributed by atoms with E-state index >= 15 is 0 Å². The van der Waals surface area contributed by atoms with Gasteiger partial charge in [0.25, 0.3) is 0 Å². The van der Waals surface area contributed by atoms with Gasteiger partial charge in [0.1, 0.15) is 0 Å². The van der Waals surface area contributed by atoms with Crippen LogP contribution < -0.4 is 0 Å². The third-order valence-electron chi connectivity index (χ3n) is 2.86. The highest BCUT2D eigenvalue weighted by atomic mass is 16.7. The molecule has 0 aliphatic heterocycles. The molecule has 0 amide bonds. The van der Waals surface area contributed by atoms with Gasteiger partial charge in [0.05, 0.1) is 0 Å². The fourth-order valence-corrected chi connectivity index (χ4v) is 1.23. The summed E-state index contributed by atoms with van der Waals surface area (Å²) in [5.74, 6) is -1.58. The topological polar surface area (TPSA) is 54.0 Å². The van der Waals surface area contributed by atoms with Gasteiger partial charge in [0.15, 0.2) is 12.1 Å². The minimum atomic E-state index is -1.01. The van der Waals surface area contributed by atoms with Crippen LogP contribution in [0.2, 0.25) is 0 Å². The number of methoxy groups -OCH3 is 4. The summed E-state index contributed by atoms with van der Waals surface area (Å²) in [5.41, 5.74) is 0. The van der Waals surface area contributed by atoms with Crippen molar-refractivity contribution in [3.63, 3.8) is 0 Å². The van der Waals surface area contributed by atoms with Gasteiger partial charge in [0.2, 0.25) is 5.79 Å². The van der Waals surface area contributed by atoms with Gasteiger partial charge in [0, 0.05) is 41.3 Å². The highest BCUT2D eigenvalue weighted by Crippen LogP contribution is 2.15. The Bertz CT molecular complexity index is 179. The van der Waals surface area contributed by atoms with Gasteiger partial charge >= 0.3 is 0 Å². The quantitative estimate of drug-likeness (QED) is 0.381. The summed E-state index contributed by atoms with van der Waals surface area (Å²) < 4.78 is 19.7. The van der Waals surface area contributed by atoms with E-state index < -0.39 is 11.6 Å². The molecular weight excluding hydrogens is 236 g/mol. The number of aldehydes is 1. The second-order valence-corrected chi connectivity index (χ2v) is 3.47. The first-order valence-electron chi connectivity index (χ1n) is 5.79. The van der Waals surface area contributed by atoms with Crippen molar-refractivity contribution in [2.75, 3.05) is 28.4 Å². The van der Waals surface area contributed by atoms with Gasteiger partial charge < -0.3 is 18.9 Å². The summed E-state index contributed by atoms with van der Waals surface area (Å²) in [7, 11) is 6.10. The molecule has 0 radical (unpaired) electrons. The summed E-state index contributed by atoms with van der Waals surface area (Å²) in [5, 5.41) is 0. The zero-order valence-electron chi connectivity index (χ0n) is 12.3. The van der Waals surface area contributed by atoms with E-state index in [1.54, 1.807) is 20.3 Å². The van der Waals surface area contributed by atoms with E-state index in [4.69, 9.17) is 18.9 Å². The standard InChI is InChI=1S/C7H14O2.C6H12O3/c1-5-7(6-2,8-3)9-4;1-4-6(5-7,8-2)9-3/h5H,1,6H2,2-4H3;5H,4H2,1-3H3. The first kappa shape index (κ1) is 19.6. The Labute approximate surface area is 110 Å². The second-order valence-electron chi connectivity index (χ2n) is 3.47. The molecule has 0 N–H and O–H groups in total. The van der Waals surface area contributed by atoms with E-state index in [0.29, 0.717) is 12.7 Å². The normalized spacial score (nSPS) is 11.4. The predicted octanol–water partition coefficient (Wildman–Crippen LogP) is 2.16. The Morgan fingerprint density at radius 2 is 1.22 bits per heavy atom. The third kappa shape index (κ3) is 5.73. The summed E-state index contributed by atoms with van der Waals surface area (Å²) in [6, 6.07) is 0. The lowest BCUT2D eigenvalue weighted by Crippen LogP contribution is -2.34. The Morgan fingerprint density at radius 1 is 0.889 bits per heavy atom. The number of carbonyl (C=O) groups excluding carboxylic acids is 1. The molecule has 0 saturated heterocycles. The summed E-state index contributed by atoms with van der Waals surface area (Å²) >= 11 is 0. The molecular formula is C13H26O5. The van der Waals surface area contributed by atoms with Crippen LogP contribution in [0.1, 0.15) is 26.7 Å². The van der Waals surface area contributed by atoms with Crippen molar-refractivity contribution in [1.29, 1.82) is 0 Å². The minimum Gasteiger partial charge on any atom is -0.350 e. The van der Waals surface area contributed by atoms with Crippen LogP contribution in [0, 0.1) is 0 Å². The van der Waals surface area contributed by atoms with Gasteiger partial charge in [-0.2, -0.15) is 0 Å². The number of rotatable bonds is 8. The Balaban J connectivity index is 0. The summed E-state index contributed by atoms with van der Waals surface area (Å²) in [6.07, 6.45) is 3.63. The molecule has 0 unspecified atom stereocenters. The molecule has 0 fully saturated rings. The van der Waals surface area contributed by atoms with Gasteiger partial charge in [-0.1, -0.05) is 20.4 Å². The van der Waals surface area contributed by atoms with Crippen molar-refractivity contribution in [3.05, 3.63) is 12.7 Å². The minimum absolute atomic E-state index is 0.531. The molecule has 0 bridgehead atoms. The molecule has 108 valence electrons. The van der Waals surface area contributed by atoms with Crippen LogP contribution >= 0.6 is 0 Å². The maximum absolute atomic E-state index is 10.3. The van der Waals surface area contributed by atoms with Crippen LogP contribution in [-0.2, 0) is 23.7 Å². The van der Waals surface area contributed by atoms with E-state index in [-0.39, 0.29) is 0 Å². The fraction of sp³-hybridized carbons (Fsp3) is 0.769. The first-order valence-corrected chi connectivity index (χ1v) is 5.79. The fourth-order valence-electron chi connectivity index (χ4n) is 1.23. The molecule has 18 heavy (non-hydrogen) atoms. The number of ether oxygens (including phenoxy) is 4. The van der Waals surface area contributed by atoms with Crippen molar-refractivity contribution in [3.8, 4) is 0 Å². The van der Waals surface area contributed by atoms with E-state index in [1.165, 1.54) is 14.2 Å². The molecule has 0 aromatic carbocycles. The zero-order chi connectivity index (χ0) is 14.7. The molecule has 0 atom stereocenters. The van der Waals surface area contributed by atoms with Crippen LogP contribution in [-0.4, -0.2) is 46.3 Å². The zero-order valence-corrected chi connectivity index (χ0v) is 12.3. The molecule has 0 heterocycles. The van der Waals surface area contributed by atoms with Gasteiger partial charge in [-0.05, 0) is 6.08 Å². The molecule has 0 aromatic heterocycles. The van der Waals surface area contributed by atoms with E-state index in [0.717, 1.165) is 6.42 Å². The first-order chi connectivity index (χ1) is 8.49. The average Bonchev–Trinajstić information content (AvgIpc) is 2.46. The molecule has 0 aromatic rings. The predicted molar refractivity (Wildman–Crippen MR) is 70.3 cm³/mol. The number of hydrogen-bond donors (Lipinski definition) is 0. The van der Waals surface area contributed by atoms with Gasteiger partial charge in [-0.3, -0.25) is 4.79 Å². The van der Waals surface area contributed by atoms with Gasteiger partial charge in [-0.15, -0.1) is 0 Å². The monoisotopic (exact) mass is 262 g/mol. The maximum atomic E-state index is 10.3. The molecule has 5 heteroatoms. The molecule has 0 spiro atoms. The Morgan fingerprint density at radius 3 is 1.22 bits per heavy atom. The van der Waals surface area contributed by atoms with Crippen LogP contribution in [0.15, 0.2) is 12.7 Å². The van der Waals surface area contributed by atoms with Crippen molar-refractivity contribution in [2.24, 2.45) is 0 Å². The van der Waals surface area contributed by atoms with E-state index in [9.17, 15) is 4.79 Å². The molecule has 0 aliphatic rings. The second kappa shape index (κ2) is 10.2. The lowest BCUT2D eigenvalue weighted by molar-refractivity contribution is -0.196. The number of carbonyl (C=O) groups is 1. The van der Waals surface area contributed by atoms with Crippen LogP contribution in [0.25, 0.3) is 0 Å². The van der Waals surface area contributed by atoms with Crippen molar-refractivity contribution in [1.82, 2.24) is 0 Å². The maximum Gasteiger partial charge on any atom is 0.224 e. The largest absolute Gasteiger partial charge is 0.350 e. The molecule has 0 aliphatic carbocycles. The van der Waals surface area contributed by atoms with Crippen molar-refractivity contribution < 1.29 is 23.7 Å². The van der Waals surface area contributed by atoms with Crippen molar-refractivity contribution in [2.45, 2.75) is 38.3 Å². The lowest BCUT2D eigenvalue weighted by Gasteiger charge is -2.25. The SMILES string of the molecule is C=CC(CC)(OC)OC.CCC(C=O)(OC)OC. The summed E-state index contributed by atoms with van der Waals surface area (Å²) in [6.45, 7) is 7.40. The Kier molecular flexibility index (Phi) is 11.1. The van der Waals surface area contributed by atoms with E-state index in [2.05, 4.69) is 6.58 Å². The van der Waals surface area contributed by atoms with Crippen molar-refractivity contribution >= 4 is 6.29 Å². The highest BCUT2D eigenvalue weighted by Gasteiger charge is 2.25. The average molecular weight is 262 g/mol. The molecule has 0 rings (SSSR count). The van der Waals surface area contributed by atoms with Crippen LogP contribution in [0.4, 0.5) is 0 Å². The van der Waals surface area contributed by atoms with Gasteiger partial charge in [-0.25, -0.2) is 0 Å². The number of hydrogen-bond acceptors (Lipinski definition) is 5. The van der Waals surface area contributed by atoms with Crippen LogP contribution in [0.3, 0.4) is 0 Å². The molecule has 0 saturated carbocycles. The molecule has 5 nitrogen and oxygen atoms in total. The van der Waals surface area contributed by atoms with Crippen LogP contribution in [0.5, 0.6) is 0 Å². The third-order valence-corrected chi connectivity index (χ3v) is 2.86. The Hall–Kier alpha value is -0.750. The lowest BCUT2D eigenvalue weighted by atomic mass is 10.2. The smallest absolute Gasteiger partial charge is 0.224 e. The highest BCUT2D eigenvalue weighted by molar-refractivity contribution is 5.59. The van der Waals surface area contributed by atoms with E-state index in [1.807, 2.05) is 13.8 Å².